The molecule has 1 aromatic carbocycles. The molecule has 0 saturated heterocycles. The van der Waals surface area contributed by atoms with Crippen molar-refractivity contribution in [3.8, 4) is 0 Å². The lowest BCUT2D eigenvalue weighted by Crippen LogP contribution is -2.28. The van der Waals surface area contributed by atoms with E-state index in [-0.39, 0.29) is 0 Å². The third kappa shape index (κ3) is 3.20. The fraction of sp³-hybridized carbons (Fsp3) is 0.500. The maximum atomic E-state index is 5.96. The van der Waals surface area contributed by atoms with E-state index in [0.717, 1.165) is 17.6 Å². The van der Waals surface area contributed by atoms with Crippen LogP contribution in [0.15, 0.2) is 24.3 Å². The molecule has 0 aromatic heterocycles. The van der Waals surface area contributed by atoms with Crippen LogP contribution in [-0.4, -0.2) is 19.1 Å². The van der Waals surface area contributed by atoms with E-state index in [1.165, 1.54) is 18.4 Å². The molecule has 3 heteroatoms. The minimum atomic E-state index is 0.379. The van der Waals surface area contributed by atoms with E-state index in [1.54, 1.807) is 0 Å². The van der Waals surface area contributed by atoms with Gasteiger partial charge >= 0.3 is 0 Å². The largest absolute Gasteiger partial charge is 0.330 e. The van der Waals surface area contributed by atoms with Crippen LogP contribution < -0.4 is 11.1 Å². The molecule has 0 radical (unpaired) electrons. The first kappa shape index (κ1) is 10.9. The lowest BCUT2D eigenvalue weighted by molar-refractivity contribution is 0.586. The number of nitrogens with one attached hydrogen (secondary N) is 1. The Labute approximate surface area is 95.8 Å². The van der Waals surface area contributed by atoms with Gasteiger partial charge in [-0.25, -0.2) is 0 Å². The molecule has 0 spiro atoms. The standard InChI is InChI=1S/C12H17ClN2/c13-11-3-1-2-9(6-11)10(7-14)8-15-12-4-5-12/h1-3,6,10,12,15H,4-5,7-8,14H2. The molecule has 1 fully saturated rings. The Morgan fingerprint density at radius 1 is 1.47 bits per heavy atom. The Balaban J connectivity index is 1.97. The van der Waals surface area contributed by atoms with Crippen molar-refractivity contribution in [2.24, 2.45) is 5.73 Å². The Bertz CT molecular complexity index is 323. The lowest BCUT2D eigenvalue weighted by Gasteiger charge is -2.16. The SMILES string of the molecule is NCC(CNC1CC1)c1cccc(Cl)c1. The molecule has 1 aliphatic rings. The molecular weight excluding hydrogens is 208 g/mol. The summed E-state index contributed by atoms with van der Waals surface area (Å²) in [6.45, 7) is 1.63. The molecule has 0 heterocycles. The van der Waals surface area contributed by atoms with Crippen LogP contribution in [0.3, 0.4) is 0 Å². The summed E-state index contributed by atoms with van der Waals surface area (Å²) in [4.78, 5) is 0. The maximum Gasteiger partial charge on any atom is 0.0408 e. The third-order valence-corrected chi connectivity index (χ3v) is 3.07. The number of hydrogen-bond donors (Lipinski definition) is 2. The average Bonchev–Trinajstić information content (AvgIpc) is 3.03. The van der Waals surface area contributed by atoms with Crippen LogP contribution in [0.5, 0.6) is 0 Å². The molecule has 2 nitrogen and oxygen atoms in total. The maximum absolute atomic E-state index is 5.96. The van der Waals surface area contributed by atoms with Gasteiger partial charge in [0.05, 0.1) is 0 Å². The van der Waals surface area contributed by atoms with Crippen molar-refractivity contribution >= 4 is 11.6 Å². The molecule has 0 aliphatic heterocycles. The van der Waals surface area contributed by atoms with Crippen molar-refractivity contribution in [1.82, 2.24) is 5.32 Å². The first-order valence-corrected chi connectivity index (χ1v) is 5.86. The van der Waals surface area contributed by atoms with Crippen molar-refractivity contribution < 1.29 is 0 Å². The smallest absolute Gasteiger partial charge is 0.0408 e. The highest BCUT2D eigenvalue weighted by Crippen LogP contribution is 2.22. The van der Waals surface area contributed by atoms with Gasteiger partial charge in [0.15, 0.2) is 0 Å². The molecule has 0 amide bonds. The molecule has 15 heavy (non-hydrogen) atoms. The van der Waals surface area contributed by atoms with Crippen LogP contribution in [0, 0.1) is 0 Å². The number of halogens is 1. The molecule has 1 aliphatic carbocycles. The lowest BCUT2D eigenvalue weighted by atomic mass is 9.99. The van der Waals surface area contributed by atoms with Crippen molar-refractivity contribution in [1.29, 1.82) is 0 Å². The molecule has 82 valence electrons. The van der Waals surface area contributed by atoms with Crippen molar-refractivity contribution in [2.75, 3.05) is 13.1 Å². The Morgan fingerprint density at radius 3 is 2.87 bits per heavy atom. The minimum Gasteiger partial charge on any atom is -0.330 e. The highest BCUT2D eigenvalue weighted by molar-refractivity contribution is 6.30. The Hall–Kier alpha value is -0.570. The number of benzene rings is 1. The highest BCUT2D eigenvalue weighted by Gasteiger charge is 2.21. The van der Waals surface area contributed by atoms with Crippen LogP contribution >= 0.6 is 11.6 Å². The fourth-order valence-corrected chi connectivity index (χ4v) is 1.89. The summed E-state index contributed by atoms with van der Waals surface area (Å²) in [7, 11) is 0. The average molecular weight is 225 g/mol. The van der Waals surface area contributed by atoms with Gasteiger partial charge in [-0.05, 0) is 30.5 Å². The van der Waals surface area contributed by atoms with Crippen LogP contribution in [0.2, 0.25) is 5.02 Å². The first-order chi connectivity index (χ1) is 7.29. The second-order valence-electron chi connectivity index (χ2n) is 4.17. The van der Waals surface area contributed by atoms with E-state index >= 15 is 0 Å². The molecule has 3 N–H and O–H groups in total. The van der Waals surface area contributed by atoms with Gasteiger partial charge in [0.25, 0.3) is 0 Å². The normalized spacial score (nSPS) is 17.7. The van der Waals surface area contributed by atoms with Gasteiger partial charge in [-0.15, -0.1) is 0 Å². The zero-order valence-electron chi connectivity index (χ0n) is 8.75. The summed E-state index contributed by atoms with van der Waals surface area (Å²) in [6, 6.07) is 8.72. The molecule has 1 aromatic rings. The van der Waals surface area contributed by atoms with E-state index in [9.17, 15) is 0 Å². The van der Waals surface area contributed by atoms with Gasteiger partial charge in [0, 0.05) is 30.1 Å². The van der Waals surface area contributed by atoms with Crippen LogP contribution in [0.25, 0.3) is 0 Å². The van der Waals surface area contributed by atoms with Gasteiger partial charge in [-0.2, -0.15) is 0 Å². The summed E-state index contributed by atoms with van der Waals surface area (Å²) in [5, 5.41) is 4.29. The van der Waals surface area contributed by atoms with E-state index in [4.69, 9.17) is 17.3 Å². The van der Waals surface area contributed by atoms with Crippen LogP contribution in [-0.2, 0) is 0 Å². The summed E-state index contributed by atoms with van der Waals surface area (Å²) in [6.07, 6.45) is 2.62. The molecule has 2 rings (SSSR count). The Kier molecular flexibility index (Phi) is 3.62. The molecule has 0 bridgehead atoms. The minimum absolute atomic E-state index is 0.379. The fourth-order valence-electron chi connectivity index (χ4n) is 1.69. The first-order valence-electron chi connectivity index (χ1n) is 5.48. The van der Waals surface area contributed by atoms with E-state index in [0.29, 0.717) is 12.5 Å². The summed E-state index contributed by atoms with van der Waals surface area (Å²) >= 11 is 5.96. The molecule has 1 atom stereocenters. The monoisotopic (exact) mass is 224 g/mol. The van der Waals surface area contributed by atoms with Gasteiger partial charge < -0.3 is 11.1 Å². The van der Waals surface area contributed by atoms with Crippen molar-refractivity contribution in [3.63, 3.8) is 0 Å². The number of rotatable bonds is 5. The van der Waals surface area contributed by atoms with E-state index in [1.807, 2.05) is 18.2 Å². The second kappa shape index (κ2) is 4.97. The quantitative estimate of drug-likeness (QED) is 0.804. The van der Waals surface area contributed by atoms with Crippen molar-refractivity contribution in [3.05, 3.63) is 34.9 Å². The van der Waals surface area contributed by atoms with Gasteiger partial charge in [0.2, 0.25) is 0 Å². The highest BCUT2D eigenvalue weighted by atomic mass is 35.5. The zero-order chi connectivity index (χ0) is 10.7. The Morgan fingerprint density at radius 2 is 2.27 bits per heavy atom. The van der Waals surface area contributed by atoms with Crippen molar-refractivity contribution in [2.45, 2.75) is 24.8 Å². The van der Waals surface area contributed by atoms with E-state index < -0.39 is 0 Å². The molecule has 1 saturated carbocycles. The topological polar surface area (TPSA) is 38.0 Å². The van der Waals surface area contributed by atoms with Gasteiger partial charge in [0.1, 0.15) is 0 Å². The third-order valence-electron chi connectivity index (χ3n) is 2.83. The van der Waals surface area contributed by atoms with E-state index in [2.05, 4.69) is 11.4 Å². The number of hydrogen-bond acceptors (Lipinski definition) is 2. The summed E-state index contributed by atoms with van der Waals surface area (Å²) in [5.74, 6) is 0.379. The van der Waals surface area contributed by atoms with Crippen LogP contribution in [0.4, 0.5) is 0 Å². The predicted octanol–water partition coefficient (Wildman–Crippen LogP) is 2.13. The molecular formula is C12H17ClN2. The van der Waals surface area contributed by atoms with Crippen LogP contribution in [0.1, 0.15) is 24.3 Å². The molecule has 1 unspecified atom stereocenters. The summed E-state index contributed by atoms with van der Waals surface area (Å²) in [5.41, 5.74) is 7.01. The van der Waals surface area contributed by atoms with Gasteiger partial charge in [-0.3, -0.25) is 0 Å². The van der Waals surface area contributed by atoms with Gasteiger partial charge in [-0.1, -0.05) is 23.7 Å². The summed E-state index contributed by atoms with van der Waals surface area (Å²) < 4.78 is 0. The predicted molar refractivity (Wildman–Crippen MR) is 64.3 cm³/mol. The zero-order valence-corrected chi connectivity index (χ0v) is 9.50. The second-order valence-corrected chi connectivity index (χ2v) is 4.61. The number of nitrogens with two attached hydrogens (primary N) is 1.